The van der Waals surface area contributed by atoms with Crippen molar-refractivity contribution < 1.29 is 37.9 Å². The Morgan fingerprint density at radius 1 is 0.628 bits per heavy atom. The van der Waals surface area contributed by atoms with Crippen LogP contribution in [0.15, 0.2) is 48.6 Å². The van der Waals surface area contributed by atoms with Crippen molar-refractivity contribution in [3.05, 3.63) is 48.6 Å². The number of carbonyl (C=O) groups is 2. The van der Waals surface area contributed by atoms with Gasteiger partial charge in [0.25, 0.3) is 0 Å². The largest absolute Gasteiger partial charge is 0.469 e. The van der Waals surface area contributed by atoms with Crippen LogP contribution in [-0.2, 0) is 28.2 Å². The third-order valence-corrected chi connectivity index (χ3v) is 7.10. The third kappa shape index (κ3) is 32.8. The molecule has 9 heteroatoms. The number of allylic oxidation sites excluding steroid dienone is 8. The zero-order valence-corrected chi connectivity index (χ0v) is 27.7. The first-order chi connectivity index (χ1) is 20.8. The highest BCUT2D eigenvalue weighted by Gasteiger charge is 2.22. The zero-order valence-electron chi connectivity index (χ0n) is 26.8. The summed E-state index contributed by atoms with van der Waals surface area (Å²) in [5.41, 5.74) is 0. The second-order valence-electron chi connectivity index (χ2n) is 10.8. The van der Waals surface area contributed by atoms with Gasteiger partial charge in [0.1, 0.15) is 6.61 Å². The summed E-state index contributed by atoms with van der Waals surface area (Å²) in [6.45, 7) is 3.48. The van der Waals surface area contributed by atoms with Crippen LogP contribution in [0.1, 0.15) is 136 Å². The average Bonchev–Trinajstić information content (AvgIpc) is 2.97. The highest BCUT2D eigenvalue weighted by Crippen LogP contribution is 2.35. The maximum Gasteiger partial charge on any atom is 0.469 e. The topological polar surface area (TPSA) is 119 Å². The number of rotatable bonds is 29. The lowest BCUT2D eigenvalue weighted by Crippen LogP contribution is -2.29. The van der Waals surface area contributed by atoms with E-state index in [0.717, 1.165) is 57.8 Å². The molecule has 0 unspecified atom stereocenters. The van der Waals surface area contributed by atoms with E-state index in [1.165, 1.54) is 44.9 Å². The highest BCUT2D eigenvalue weighted by molar-refractivity contribution is 7.46. The Kier molecular flexibility index (Phi) is 28.7. The Balaban J connectivity index is 4.13. The lowest BCUT2D eigenvalue weighted by molar-refractivity contribution is -0.161. The summed E-state index contributed by atoms with van der Waals surface area (Å²) >= 11 is 0. The predicted molar refractivity (Wildman–Crippen MR) is 174 cm³/mol. The molecule has 0 fully saturated rings. The van der Waals surface area contributed by atoms with Crippen LogP contribution in [0.3, 0.4) is 0 Å². The van der Waals surface area contributed by atoms with Gasteiger partial charge in [-0.3, -0.25) is 14.1 Å². The molecule has 0 aliphatic rings. The maximum absolute atomic E-state index is 12.3. The van der Waals surface area contributed by atoms with Crippen LogP contribution < -0.4 is 0 Å². The Bertz CT molecular complexity index is 843. The third-order valence-electron chi connectivity index (χ3n) is 6.61. The van der Waals surface area contributed by atoms with Gasteiger partial charge in [0.05, 0.1) is 6.61 Å². The molecule has 0 aromatic carbocycles. The number of phosphoric ester groups is 1. The Morgan fingerprint density at radius 3 is 1.67 bits per heavy atom. The van der Waals surface area contributed by atoms with Gasteiger partial charge in [-0.15, -0.1) is 0 Å². The number of phosphoric acid groups is 1. The number of hydrogen-bond donors (Lipinski definition) is 2. The normalized spacial score (nSPS) is 13.1. The number of hydrogen-bond acceptors (Lipinski definition) is 6. The Morgan fingerprint density at radius 2 is 1.12 bits per heavy atom. The van der Waals surface area contributed by atoms with Crippen LogP contribution in [0.2, 0.25) is 0 Å². The monoisotopic (exact) mass is 626 g/mol. The quantitative estimate of drug-likeness (QED) is 0.0365. The van der Waals surface area contributed by atoms with Crippen molar-refractivity contribution in [1.82, 2.24) is 0 Å². The van der Waals surface area contributed by atoms with E-state index in [1.54, 1.807) is 0 Å². The van der Waals surface area contributed by atoms with E-state index in [-0.39, 0.29) is 19.4 Å². The molecule has 0 spiro atoms. The average molecular weight is 627 g/mol. The van der Waals surface area contributed by atoms with Crippen molar-refractivity contribution in [3.8, 4) is 0 Å². The molecule has 0 heterocycles. The van der Waals surface area contributed by atoms with Crippen LogP contribution >= 0.6 is 7.82 Å². The first-order valence-corrected chi connectivity index (χ1v) is 18.0. The van der Waals surface area contributed by atoms with Gasteiger partial charge in [-0.05, 0) is 51.4 Å². The molecule has 248 valence electrons. The molecule has 0 rings (SSSR count). The van der Waals surface area contributed by atoms with E-state index in [2.05, 4.69) is 67.0 Å². The first-order valence-electron chi connectivity index (χ1n) is 16.4. The van der Waals surface area contributed by atoms with Gasteiger partial charge in [0.15, 0.2) is 6.10 Å². The molecule has 0 aliphatic carbocycles. The summed E-state index contributed by atoms with van der Waals surface area (Å²) < 4.78 is 26.1. The van der Waals surface area contributed by atoms with Crippen molar-refractivity contribution in [2.24, 2.45) is 0 Å². The van der Waals surface area contributed by atoms with Crippen LogP contribution in [0.5, 0.6) is 0 Å². The summed E-state index contributed by atoms with van der Waals surface area (Å²) in [5.74, 6) is -0.940. The Labute approximate surface area is 261 Å². The van der Waals surface area contributed by atoms with E-state index in [9.17, 15) is 14.2 Å². The number of esters is 2. The lowest BCUT2D eigenvalue weighted by Gasteiger charge is -2.18. The number of unbranched alkanes of at least 4 members (excludes halogenated alkanes) is 11. The SMILES string of the molecule is CC/C=C/C/C=C/C/C=C/C/C=C/CCCCC(=O)O[C@H](COC(=O)CCCCCCCCCCCC)COP(=O)(O)O. The molecular weight excluding hydrogens is 567 g/mol. The lowest BCUT2D eigenvalue weighted by atomic mass is 10.1. The number of carbonyl (C=O) groups excluding carboxylic acids is 2. The molecule has 0 aromatic heterocycles. The molecule has 43 heavy (non-hydrogen) atoms. The minimum atomic E-state index is -4.75. The fraction of sp³-hybridized carbons (Fsp3) is 0.706. The zero-order chi connectivity index (χ0) is 31.9. The van der Waals surface area contributed by atoms with Crippen LogP contribution in [-0.4, -0.2) is 41.0 Å². The minimum Gasteiger partial charge on any atom is -0.462 e. The summed E-state index contributed by atoms with van der Waals surface area (Å²) in [4.78, 5) is 42.4. The maximum atomic E-state index is 12.3. The summed E-state index contributed by atoms with van der Waals surface area (Å²) in [6, 6.07) is 0. The van der Waals surface area contributed by atoms with Crippen molar-refractivity contribution in [3.63, 3.8) is 0 Å². The molecule has 0 amide bonds. The van der Waals surface area contributed by atoms with Crippen LogP contribution in [0, 0.1) is 0 Å². The van der Waals surface area contributed by atoms with Gasteiger partial charge in [-0.25, -0.2) is 4.57 Å². The van der Waals surface area contributed by atoms with Gasteiger partial charge in [0, 0.05) is 12.8 Å². The van der Waals surface area contributed by atoms with Gasteiger partial charge in [0.2, 0.25) is 0 Å². The molecule has 2 N–H and O–H groups in total. The van der Waals surface area contributed by atoms with Gasteiger partial charge in [-0.1, -0.05) is 120 Å². The minimum absolute atomic E-state index is 0.159. The standard InChI is InChI=1S/C34H59O8P/c1-3-5-7-9-11-13-15-16-17-18-19-21-23-25-27-29-34(36)42-32(31-41-43(37,38)39)30-40-33(35)28-26-24-22-20-14-12-10-8-6-4-2/h5,7,11,13,16-17,19,21,32H,3-4,6,8-10,12,14-15,18,20,22-31H2,1-2H3,(H2,37,38,39)/b7-5+,13-11+,17-16+,21-19+/t32-/m1/s1. The molecular formula is C34H59O8P. The molecule has 0 aliphatic heterocycles. The smallest absolute Gasteiger partial charge is 0.462 e. The number of ether oxygens (including phenoxy) is 2. The Hall–Kier alpha value is -1.99. The van der Waals surface area contributed by atoms with Gasteiger partial charge >= 0.3 is 19.8 Å². The molecule has 0 aromatic rings. The first kappa shape index (κ1) is 41.0. The fourth-order valence-corrected chi connectivity index (χ4v) is 4.55. The van der Waals surface area contributed by atoms with Gasteiger partial charge in [-0.2, -0.15) is 0 Å². The molecule has 0 radical (unpaired) electrons. The molecule has 1 atom stereocenters. The van der Waals surface area contributed by atoms with Gasteiger partial charge < -0.3 is 19.3 Å². The molecule has 0 saturated heterocycles. The summed E-state index contributed by atoms with van der Waals surface area (Å²) in [7, 11) is -4.75. The predicted octanol–water partition coefficient (Wildman–Crippen LogP) is 9.23. The summed E-state index contributed by atoms with van der Waals surface area (Å²) in [6.07, 6.45) is 34.1. The fourth-order valence-electron chi connectivity index (χ4n) is 4.19. The van der Waals surface area contributed by atoms with Crippen molar-refractivity contribution in [2.75, 3.05) is 13.2 Å². The van der Waals surface area contributed by atoms with Crippen LogP contribution in [0.4, 0.5) is 0 Å². The van der Waals surface area contributed by atoms with Crippen LogP contribution in [0.25, 0.3) is 0 Å². The second kappa shape index (κ2) is 30.1. The van der Waals surface area contributed by atoms with E-state index in [0.29, 0.717) is 6.42 Å². The molecule has 0 saturated carbocycles. The van der Waals surface area contributed by atoms with Crippen molar-refractivity contribution >= 4 is 19.8 Å². The molecule has 0 bridgehead atoms. The van der Waals surface area contributed by atoms with E-state index in [1.807, 2.05) is 0 Å². The second-order valence-corrected chi connectivity index (χ2v) is 12.0. The van der Waals surface area contributed by atoms with Crippen molar-refractivity contribution in [1.29, 1.82) is 0 Å². The highest BCUT2D eigenvalue weighted by atomic mass is 31.2. The van der Waals surface area contributed by atoms with E-state index in [4.69, 9.17) is 19.3 Å². The van der Waals surface area contributed by atoms with E-state index < -0.39 is 32.5 Å². The summed E-state index contributed by atoms with van der Waals surface area (Å²) in [5, 5.41) is 0. The molecule has 8 nitrogen and oxygen atoms in total. The van der Waals surface area contributed by atoms with E-state index >= 15 is 0 Å². The van der Waals surface area contributed by atoms with Crippen molar-refractivity contribution in [2.45, 2.75) is 142 Å².